The Labute approximate surface area is 126 Å². The molecule has 2 fully saturated rings. The van der Waals surface area contributed by atoms with Crippen molar-refractivity contribution in [1.29, 1.82) is 0 Å². The standard InChI is InChI=1S/C19H21NO/c1-2-5-14(6-3-1)13-21-17-8-4-7-15(11-17)19-16-9-10-20-18(19)12-16/h1-8,11,16,18-20H,9-10,12-13H2. The van der Waals surface area contributed by atoms with Gasteiger partial charge in [0.15, 0.2) is 0 Å². The van der Waals surface area contributed by atoms with Gasteiger partial charge in [0.1, 0.15) is 12.4 Å². The Balaban J connectivity index is 1.46. The summed E-state index contributed by atoms with van der Waals surface area (Å²) >= 11 is 0. The summed E-state index contributed by atoms with van der Waals surface area (Å²) < 4.78 is 5.95. The number of rotatable bonds is 4. The van der Waals surface area contributed by atoms with Gasteiger partial charge in [-0.15, -0.1) is 0 Å². The van der Waals surface area contributed by atoms with Crippen molar-refractivity contribution >= 4 is 0 Å². The molecule has 1 N–H and O–H groups in total. The Morgan fingerprint density at radius 3 is 2.71 bits per heavy atom. The fourth-order valence-electron chi connectivity index (χ4n) is 3.77. The highest BCUT2D eigenvalue weighted by atomic mass is 16.5. The molecule has 2 heteroatoms. The van der Waals surface area contributed by atoms with Gasteiger partial charge < -0.3 is 10.1 Å². The van der Waals surface area contributed by atoms with Crippen LogP contribution in [0, 0.1) is 5.92 Å². The van der Waals surface area contributed by atoms with E-state index in [1.54, 1.807) is 0 Å². The van der Waals surface area contributed by atoms with Crippen molar-refractivity contribution < 1.29 is 4.74 Å². The number of nitrogens with one attached hydrogen (secondary N) is 1. The van der Waals surface area contributed by atoms with E-state index in [-0.39, 0.29) is 0 Å². The first kappa shape index (κ1) is 12.9. The monoisotopic (exact) mass is 279 g/mol. The fourth-order valence-corrected chi connectivity index (χ4v) is 3.77. The first-order valence-electron chi connectivity index (χ1n) is 7.90. The van der Waals surface area contributed by atoms with Crippen LogP contribution in [-0.2, 0) is 6.61 Å². The molecule has 21 heavy (non-hydrogen) atoms. The zero-order valence-corrected chi connectivity index (χ0v) is 12.2. The molecule has 2 aliphatic rings. The Kier molecular flexibility index (Phi) is 3.40. The van der Waals surface area contributed by atoms with Crippen molar-refractivity contribution in [2.45, 2.75) is 31.4 Å². The smallest absolute Gasteiger partial charge is 0.120 e. The lowest BCUT2D eigenvalue weighted by Gasteiger charge is -2.50. The normalized spacial score (nSPS) is 27.0. The Morgan fingerprint density at radius 1 is 1.05 bits per heavy atom. The number of hydrogen-bond donors (Lipinski definition) is 1. The highest BCUT2D eigenvalue weighted by Gasteiger charge is 2.44. The molecule has 1 aliphatic heterocycles. The summed E-state index contributed by atoms with van der Waals surface area (Å²) in [6.07, 6.45) is 2.66. The number of hydrogen-bond acceptors (Lipinski definition) is 2. The predicted octanol–water partition coefficient (Wildman–Crippen LogP) is 3.73. The average Bonchev–Trinajstić information content (AvgIpc) is 2.55. The second-order valence-corrected chi connectivity index (χ2v) is 6.22. The van der Waals surface area contributed by atoms with E-state index in [4.69, 9.17) is 4.74 Å². The lowest BCUT2D eigenvalue weighted by molar-refractivity contribution is 0.115. The Hall–Kier alpha value is -1.80. The van der Waals surface area contributed by atoms with E-state index in [1.165, 1.54) is 30.5 Å². The van der Waals surface area contributed by atoms with Crippen LogP contribution >= 0.6 is 0 Å². The van der Waals surface area contributed by atoms with Crippen LogP contribution in [0.2, 0.25) is 0 Å². The van der Waals surface area contributed by atoms with E-state index >= 15 is 0 Å². The molecule has 0 radical (unpaired) electrons. The molecule has 2 aromatic carbocycles. The predicted molar refractivity (Wildman–Crippen MR) is 84.5 cm³/mol. The van der Waals surface area contributed by atoms with Crippen LogP contribution in [0.15, 0.2) is 54.6 Å². The molecule has 2 aromatic rings. The second-order valence-electron chi connectivity index (χ2n) is 6.22. The molecule has 3 unspecified atom stereocenters. The third-order valence-electron chi connectivity index (χ3n) is 4.91. The van der Waals surface area contributed by atoms with Crippen molar-refractivity contribution in [2.75, 3.05) is 6.54 Å². The van der Waals surface area contributed by atoms with E-state index in [9.17, 15) is 0 Å². The van der Waals surface area contributed by atoms with Gasteiger partial charge >= 0.3 is 0 Å². The largest absolute Gasteiger partial charge is 0.489 e. The zero-order chi connectivity index (χ0) is 14.1. The van der Waals surface area contributed by atoms with Crippen LogP contribution in [-0.4, -0.2) is 12.6 Å². The molecule has 108 valence electrons. The first-order valence-corrected chi connectivity index (χ1v) is 7.90. The lowest BCUT2D eigenvalue weighted by Crippen LogP contribution is -2.54. The number of fused-ring (bicyclic) bond motifs is 2. The molecule has 0 spiro atoms. The van der Waals surface area contributed by atoms with Gasteiger partial charge in [-0.1, -0.05) is 42.5 Å². The number of piperidine rings is 2. The summed E-state index contributed by atoms with van der Waals surface area (Å²) in [5.41, 5.74) is 2.65. The molecule has 1 heterocycles. The maximum atomic E-state index is 5.95. The highest BCUT2D eigenvalue weighted by Crippen LogP contribution is 2.47. The third kappa shape index (κ3) is 2.56. The first-order chi connectivity index (χ1) is 10.4. The summed E-state index contributed by atoms with van der Waals surface area (Å²) in [6, 6.07) is 19.7. The van der Waals surface area contributed by atoms with Crippen LogP contribution in [0.5, 0.6) is 5.75 Å². The quantitative estimate of drug-likeness (QED) is 0.920. The third-order valence-corrected chi connectivity index (χ3v) is 4.91. The van der Waals surface area contributed by atoms with Gasteiger partial charge in [0, 0.05) is 12.0 Å². The van der Waals surface area contributed by atoms with Crippen molar-refractivity contribution in [3.63, 3.8) is 0 Å². The van der Waals surface area contributed by atoms with Gasteiger partial charge in [0.25, 0.3) is 0 Å². The second kappa shape index (κ2) is 5.53. The molecule has 0 amide bonds. The molecule has 4 rings (SSSR count). The van der Waals surface area contributed by atoms with E-state index in [0.29, 0.717) is 18.6 Å². The van der Waals surface area contributed by atoms with Crippen molar-refractivity contribution in [3.05, 3.63) is 65.7 Å². The minimum atomic E-state index is 0.639. The Morgan fingerprint density at radius 2 is 1.95 bits per heavy atom. The lowest BCUT2D eigenvalue weighted by atomic mass is 9.62. The number of ether oxygens (including phenoxy) is 1. The molecule has 1 saturated carbocycles. The summed E-state index contributed by atoms with van der Waals surface area (Å²) in [4.78, 5) is 0. The minimum Gasteiger partial charge on any atom is -0.489 e. The summed E-state index contributed by atoms with van der Waals surface area (Å²) in [7, 11) is 0. The van der Waals surface area contributed by atoms with Crippen LogP contribution in [0.25, 0.3) is 0 Å². The maximum absolute atomic E-state index is 5.95. The van der Waals surface area contributed by atoms with Crippen LogP contribution in [0.1, 0.15) is 29.9 Å². The van der Waals surface area contributed by atoms with E-state index in [1.807, 2.05) is 6.07 Å². The van der Waals surface area contributed by atoms with E-state index in [0.717, 1.165) is 11.7 Å². The zero-order valence-electron chi connectivity index (χ0n) is 12.2. The molecule has 2 nitrogen and oxygen atoms in total. The SMILES string of the molecule is c1ccc(COc2cccc(C3C4CCNC3C4)c2)cc1. The average molecular weight is 279 g/mol. The molecule has 0 aromatic heterocycles. The molecular formula is C19H21NO. The topological polar surface area (TPSA) is 21.3 Å². The Bertz CT molecular complexity index is 596. The summed E-state index contributed by atoms with van der Waals surface area (Å²) in [6.45, 7) is 1.83. The molecular weight excluding hydrogens is 258 g/mol. The molecule has 1 aliphatic carbocycles. The van der Waals surface area contributed by atoms with Crippen molar-refractivity contribution in [3.8, 4) is 5.75 Å². The van der Waals surface area contributed by atoms with Gasteiger partial charge in [-0.2, -0.15) is 0 Å². The fraction of sp³-hybridized carbons (Fsp3) is 0.368. The molecule has 3 atom stereocenters. The van der Waals surface area contributed by atoms with Crippen LogP contribution < -0.4 is 10.1 Å². The van der Waals surface area contributed by atoms with Crippen molar-refractivity contribution in [1.82, 2.24) is 5.32 Å². The number of benzene rings is 2. The maximum Gasteiger partial charge on any atom is 0.120 e. The summed E-state index contributed by atoms with van der Waals surface area (Å²) in [5, 5.41) is 3.63. The minimum absolute atomic E-state index is 0.639. The molecule has 2 bridgehead atoms. The van der Waals surface area contributed by atoms with Gasteiger partial charge in [0.2, 0.25) is 0 Å². The summed E-state index contributed by atoms with van der Waals surface area (Å²) in [5.74, 6) is 2.56. The van der Waals surface area contributed by atoms with Crippen LogP contribution in [0.3, 0.4) is 0 Å². The van der Waals surface area contributed by atoms with E-state index < -0.39 is 0 Å². The van der Waals surface area contributed by atoms with Gasteiger partial charge in [-0.3, -0.25) is 0 Å². The molecule has 1 saturated heterocycles. The van der Waals surface area contributed by atoms with Crippen molar-refractivity contribution in [2.24, 2.45) is 5.92 Å². The highest BCUT2D eigenvalue weighted by molar-refractivity contribution is 5.34. The van der Waals surface area contributed by atoms with E-state index in [2.05, 4.69) is 53.8 Å². The van der Waals surface area contributed by atoms with Crippen LogP contribution in [0.4, 0.5) is 0 Å². The van der Waals surface area contributed by atoms with Gasteiger partial charge in [0.05, 0.1) is 0 Å². The van der Waals surface area contributed by atoms with Gasteiger partial charge in [-0.25, -0.2) is 0 Å². The van der Waals surface area contributed by atoms with Gasteiger partial charge in [-0.05, 0) is 48.6 Å².